The average Bonchev–Trinajstić information content (AvgIpc) is 3.16. The van der Waals surface area contributed by atoms with E-state index in [0.717, 1.165) is 12.8 Å². The van der Waals surface area contributed by atoms with E-state index in [9.17, 15) is 23.5 Å². The highest BCUT2D eigenvalue weighted by molar-refractivity contribution is 5.96. The van der Waals surface area contributed by atoms with Crippen LogP contribution in [0.3, 0.4) is 0 Å². The van der Waals surface area contributed by atoms with Crippen LogP contribution in [-0.2, 0) is 11.3 Å². The number of hydrogen-bond donors (Lipinski definition) is 1. The number of carbonyl (C=O) groups excluding carboxylic acids is 1. The minimum Gasteiger partial charge on any atom is -0.481 e. The number of fused-ring (bicyclic) bond motifs is 1. The predicted octanol–water partition coefficient (Wildman–Crippen LogP) is 2.80. The van der Waals surface area contributed by atoms with Crippen LogP contribution in [0, 0.1) is 17.3 Å². The molecule has 1 N–H and O–H groups in total. The highest BCUT2D eigenvalue weighted by Crippen LogP contribution is 2.49. The lowest BCUT2D eigenvalue weighted by molar-refractivity contribution is -0.149. The molecule has 8 heteroatoms. The van der Waals surface area contributed by atoms with Gasteiger partial charge < -0.3 is 10.0 Å². The van der Waals surface area contributed by atoms with Crippen molar-refractivity contribution in [2.75, 3.05) is 13.1 Å². The molecule has 1 amide bonds. The van der Waals surface area contributed by atoms with Gasteiger partial charge in [0.15, 0.2) is 0 Å². The highest BCUT2D eigenvalue weighted by atomic mass is 19.3. The third-order valence-corrected chi connectivity index (χ3v) is 5.44. The molecule has 0 radical (unpaired) electrons. The van der Waals surface area contributed by atoms with Crippen molar-refractivity contribution in [2.45, 2.75) is 46.1 Å². The van der Waals surface area contributed by atoms with Gasteiger partial charge in [-0.05, 0) is 24.7 Å². The molecule has 1 aliphatic heterocycles. The van der Waals surface area contributed by atoms with Crippen molar-refractivity contribution in [1.29, 1.82) is 0 Å². The van der Waals surface area contributed by atoms with Crippen LogP contribution in [0.5, 0.6) is 0 Å². The molecule has 25 heavy (non-hydrogen) atoms. The number of carbonyl (C=O) groups is 2. The Morgan fingerprint density at radius 1 is 1.44 bits per heavy atom. The number of rotatable bonds is 5. The zero-order valence-corrected chi connectivity index (χ0v) is 14.4. The maximum atomic E-state index is 13.5. The Morgan fingerprint density at radius 3 is 2.72 bits per heavy atom. The molecular weight excluding hydrogens is 332 g/mol. The first-order valence-corrected chi connectivity index (χ1v) is 8.62. The van der Waals surface area contributed by atoms with E-state index in [4.69, 9.17) is 0 Å². The molecule has 0 unspecified atom stereocenters. The van der Waals surface area contributed by atoms with E-state index >= 15 is 0 Å². The number of alkyl halides is 2. The summed E-state index contributed by atoms with van der Waals surface area (Å²) >= 11 is 0. The number of carboxylic acid groups (broad SMARTS) is 1. The quantitative estimate of drug-likeness (QED) is 0.881. The Labute approximate surface area is 144 Å². The molecule has 1 aromatic rings. The summed E-state index contributed by atoms with van der Waals surface area (Å²) in [5, 5.41) is 13.6. The zero-order valence-electron chi connectivity index (χ0n) is 14.4. The van der Waals surface area contributed by atoms with Gasteiger partial charge in [0, 0.05) is 19.6 Å². The van der Waals surface area contributed by atoms with Gasteiger partial charge in [0.1, 0.15) is 5.69 Å². The van der Waals surface area contributed by atoms with Crippen LogP contribution in [0.1, 0.15) is 55.6 Å². The first-order chi connectivity index (χ1) is 11.8. The van der Waals surface area contributed by atoms with Crippen molar-refractivity contribution < 1.29 is 23.5 Å². The number of amides is 1. The van der Waals surface area contributed by atoms with Crippen LogP contribution in [-0.4, -0.2) is 44.8 Å². The van der Waals surface area contributed by atoms with Crippen LogP contribution in [0.4, 0.5) is 8.78 Å². The summed E-state index contributed by atoms with van der Waals surface area (Å²) in [7, 11) is 0. The van der Waals surface area contributed by atoms with Crippen molar-refractivity contribution in [2.24, 2.45) is 17.3 Å². The molecule has 2 aliphatic rings. The third kappa shape index (κ3) is 2.91. The van der Waals surface area contributed by atoms with Gasteiger partial charge in [0.2, 0.25) is 0 Å². The molecular formula is C17H23F2N3O3. The number of aliphatic carboxylic acids is 1. The number of likely N-dealkylation sites (tertiary alicyclic amines) is 1. The van der Waals surface area contributed by atoms with E-state index in [2.05, 4.69) is 5.10 Å². The van der Waals surface area contributed by atoms with Gasteiger partial charge in [-0.1, -0.05) is 20.3 Å². The van der Waals surface area contributed by atoms with E-state index in [0.29, 0.717) is 19.5 Å². The molecule has 3 rings (SSSR count). The summed E-state index contributed by atoms with van der Waals surface area (Å²) in [6.07, 6.45) is 0.493. The summed E-state index contributed by atoms with van der Waals surface area (Å²) < 4.78 is 28.2. The Hall–Kier alpha value is -1.99. The molecule has 2 atom stereocenters. The largest absolute Gasteiger partial charge is 0.481 e. The van der Waals surface area contributed by atoms with E-state index in [1.165, 1.54) is 15.8 Å². The summed E-state index contributed by atoms with van der Waals surface area (Å²) in [5.41, 5.74) is -1.41. The van der Waals surface area contributed by atoms with Crippen LogP contribution < -0.4 is 0 Å². The highest BCUT2D eigenvalue weighted by Gasteiger charge is 2.56. The monoisotopic (exact) mass is 355 g/mol. The Kier molecular flexibility index (Phi) is 4.55. The number of aromatic nitrogens is 2. The first kappa shape index (κ1) is 17.8. The third-order valence-electron chi connectivity index (χ3n) is 5.44. The SMILES string of the molecule is CC(C)Cn1ncc(C(=O)N2C[C@@H]3CCC[C@@]3(C(=O)O)C2)c1C(F)F. The molecule has 2 heterocycles. The van der Waals surface area contributed by atoms with Crippen LogP contribution in [0.15, 0.2) is 6.20 Å². The van der Waals surface area contributed by atoms with Gasteiger partial charge in [-0.15, -0.1) is 0 Å². The maximum Gasteiger partial charge on any atom is 0.311 e. The molecule has 0 aromatic carbocycles. The van der Waals surface area contributed by atoms with Gasteiger partial charge in [-0.25, -0.2) is 8.78 Å². The van der Waals surface area contributed by atoms with Crippen LogP contribution in [0.2, 0.25) is 0 Å². The summed E-state index contributed by atoms with van der Waals surface area (Å²) in [6, 6.07) is 0. The van der Waals surface area contributed by atoms with Crippen LogP contribution >= 0.6 is 0 Å². The molecule has 2 fully saturated rings. The number of carboxylic acids is 1. The lowest BCUT2D eigenvalue weighted by Crippen LogP contribution is -2.37. The van der Waals surface area contributed by atoms with Gasteiger partial charge in [0.05, 0.1) is 17.2 Å². The van der Waals surface area contributed by atoms with Crippen molar-refractivity contribution in [3.05, 3.63) is 17.5 Å². The first-order valence-electron chi connectivity index (χ1n) is 8.62. The average molecular weight is 355 g/mol. The summed E-state index contributed by atoms with van der Waals surface area (Å²) in [6.45, 7) is 4.47. The molecule has 0 bridgehead atoms. The van der Waals surface area contributed by atoms with Gasteiger partial charge in [-0.2, -0.15) is 5.10 Å². The minimum atomic E-state index is -2.81. The fraction of sp³-hybridized carbons (Fsp3) is 0.706. The molecule has 6 nitrogen and oxygen atoms in total. The zero-order chi connectivity index (χ0) is 18.4. The van der Waals surface area contributed by atoms with Crippen LogP contribution in [0.25, 0.3) is 0 Å². The second-order valence-electron chi connectivity index (χ2n) is 7.56. The molecule has 1 saturated heterocycles. The van der Waals surface area contributed by atoms with Gasteiger partial charge in [0.25, 0.3) is 12.3 Å². The Bertz CT molecular complexity index is 689. The molecule has 1 saturated carbocycles. The van der Waals surface area contributed by atoms with Crippen molar-refractivity contribution in [3.8, 4) is 0 Å². The van der Waals surface area contributed by atoms with Crippen molar-refractivity contribution >= 4 is 11.9 Å². The van der Waals surface area contributed by atoms with E-state index in [-0.39, 0.29) is 29.6 Å². The topological polar surface area (TPSA) is 75.4 Å². The maximum absolute atomic E-state index is 13.5. The normalized spacial score (nSPS) is 25.8. The Balaban J connectivity index is 1.87. The number of nitrogens with zero attached hydrogens (tertiary/aromatic N) is 3. The van der Waals surface area contributed by atoms with Crippen molar-refractivity contribution in [1.82, 2.24) is 14.7 Å². The Morgan fingerprint density at radius 2 is 2.16 bits per heavy atom. The fourth-order valence-electron chi connectivity index (χ4n) is 4.25. The van der Waals surface area contributed by atoms with E-state index in [1.54, 1.807) is 0 Å². The molecule has 0 spiro atoms. The lowest BCUT2D eigenvalue weighted by atomic mass is 9.81. The molecule has 138 valence electrons. The molecule has 1 aromatic heterocycles. The number of halogens is 2. The van der Waals surface area contributed by atoms with Gasteiger partial charge in [-0.3, -0.25) is 14.3 Å². The standard InChI is InChI=1S/C17H23F2N3O3/c1-10(2)7-22-13(14(18)19)12(6-20-22)15(23)21-8-11-4-3-5-17(11,9-21)16(24)25/h6,10-11,14H,3-5,7-9H2,1-2H3,(H,24,25)/t11-,17+/m0/s1. The van der Waals surface area contributed by atoms with E-state index in [1.807, 2.05) is 13.8 Å². The summed E-state index contributed by atoms with van der Waals surface area (Å²) in [4.78, 5) is 26.0. The van der Waals surface area contributed by atoms with Gasteiger partial charge >= 0.3 is 5.97 Å². The second-order valence-corrected chi connectivity index (χ2v) is 7.56. The lowest BCUT2D eigenvalue weighted by Gasteiger charge is -2.23. The van der Waals surface area contributed by atoms with Crippen molar-refractivity contribution in [3.63, 3.8) is 0 Å². The molecule has 1 aliphatic carbocycles. The summed E-state index contributed by atoms with van der Waals surface area (Å²) in [5.74, 6) is -1.42. The number of hydrogen-bond acceptors (Lipinski definition) is 3. The second kappa shape index (κ2) is 6.38. The fourth-order valence-corrected chi connectivity index (χ4v) is 4.25. The smallest absolute Gasteiger partial charge is 0.311 e. The minimum absolute atomic E-state index is 0.0872. The predicted molar refractivity (Wildman–Crippen MR) is 85.3 cm³/mol. The van der Waals surface area contributed by atoms with E-state index < -0.39 is 23.7 Å².